The van der Waals surface area contributed by atoms with E-state index in [2.05, 4.69) is 19.9 Å². The first-order valence-electron chi connectivity index (χ1n) is 5.15. The van der Waals surface area contributed by atoms with Crippen molar-refractivity contribution in [3.8, 4) is 0 Å². The van der Waals surface area contributed by atoms with Gasteiger partial charge in [-0.25, -0.2) is 0 Å². The Morgan fingerprint density at radius 3 is 2.07 bits per heavy atom. The average molecular weight is 207 g/mol. The van der Waals surface area contributed by atoms with Gasteiger partial charge in [-0.1, -0.05) is 19.9 Å². The Labute approximate surface area is 91.9 Å². The lowest BCUT2D eigenvalue weighted by molar-refractivity contribution is 0.865. The Hall–Kier alpha value is -1.22. The Morgan fingerprint density at radius 2 is 1.67 bits per heavy atom. The standard InChI is InChI=1S/C12H19N2O/c1-9(2)10-6-7-11(13(3)4)12(8-10)14(5)15/h6-9H,1-5H3/q-1. The minimum Gasteiger partial charge on any atom is -0.758 e. The zero-order chi connectivity index (χ0) is 11.6. The summed E-state index contributed by atoms with van der Waals surface area (Å²) in [5, 5.41) is 12.4. The first kappa shape index (κ1) is 11.9. The Bertz CT molecular complexity index is 332. The van der Waals surface area contributed by atoms with Crippen LogP contribution in [0.1, 0.15) is 25.3 Å². The van der Waals surface area contributed by atoms with Crippen molar-refractivity contribution in [1.82, 2.24) is 0 Å². The lowest BCUT2D eigenvalue weighted by Crippen LogP contribution is -2.15. The Balaban J connectivity index is 3.21. The second-order valence-electron chi connectivity index (χ2n) is 4.29. The molecule has 0 aliphatic carbocycles. The molecule has 0 amide bonds. The highest BCUT2D eigenvalue weighted by Crippen LogP contribution is 2.30. The first-order chi connectivity index (χ1) is 6.93. The van der Waals surface area contributed by atoms with E-state index >= 15 is 0 Å². The Morgan fingerprint density at radius 1 is 1.07 bits per heavy atom. The van der Waals surface area contributed by atoms with Crippen molar-refractivity contribution in [3.63, 3.8) is 0 Å². The highest BCUT2D eigenvalue weighted by molar-refractivity contribution is 5.72. The van der Waals surface area contributed by atoms with E-state index in [0.29, 0.717) is 5.92 Å². The van der Waals surface area contributed by atoms with Crippen molar-refractivity contribution in [2.24, 2.45) is 0 Å². The molecule has 0 saturated carbocycles. The normalized spacial score (nSPS) is 10.6. The summed E-state index contributed by atoms with van der Waals surface area (Å²) in [5.74, 6) is 0.444. The van der Waals surface area contributed by atoms with E-state index in [9.17, 15) is 5.21 Å². The largest absolute Gasteiger partial charge is 0.758 e. The van der Waals surface area contributed by atoms with Gasteiger partial charge in [-0.15, -0.1) is 0 Å². The van der Waals surface area contributed by atoms with Gasteiger partial charge in [0, 0.05) is 19.8 Å². The van der Waals surface area contributed by atoms with Gasteiger partial charge < -0.3 is 15.2 Å². The van der Waals surface area contributed by atoms with E-state index in [-0.39, 0.29) is 0 Å². The van der Waals surface area contributed by atoms with E-state index < -0.39 is 0 Å². The molecule has 1 rings (SSSR count). The molecule has 0 fully saturated rings. The maximum atomic E-state index is 11.4. The fourth-order valence-corrected chi connectivity index (χ4v) is 1.53. The predicted molar refractivity (Wildman–Crippen MR) is 66.6 cm³/mol. The monoisotopic (exact) mass is 207 g/mol. The van der Waals surface area contributed by atoms with Gasteiger partial charge in [0.15, 0.2) is 0 Å². The van der Waals surface area contributed by atoms with E-state index in [1.165, 1.54) is 12.6 Å². The van der Waals surface area contributed by atoms with Crippen LogP contribution in [0.4, 0.5) is 11.4 Å². The van der Waals surface area contributed by atoms with Gasteiger partial charge in [0.1, 0.15) is 0 Å². The topological polar surface area (TPSA) is 29.5 Å². The smallest absolute Gasteiger partial charge is 0.0591 e. The molecular weight excluding hydrogens is 188 g/mol. The third kappa shape index (κ3) is 2.63. The SMILES string of the molecule is CC(C)c1ccc(N(C)C)c(N(C)[O-])c1. The third-order valence-electron chi connectivity index (χ3n) is 2.49. The van der Waals surface area contributed by atoms with Crippen LogP contribution >= 0.6 is 0 Å². The van der Waals surface area contributed by atoms with Gasteiger partial charge in [-0.05, 0) is 30.7 Å². The molecule has 0 saturated heterocycles. The number of nitrogens with zero attached hydrogens (tertiary/aromatic N) is 2. The molecule has 0 unspecified atom stereocenters. The summed E-state index contributed by atoms with van der Waals surface area (Å²) in [6.07, 6.45) is 0. The highest BCUT2D eigenvalue weighted by Gasteiger charge is 2.07. The lowest BCUT2D eigenvalue weighted by atomic mass is 10.0. The molecule has 0 aliphatic rings. The third-order valence-corrected chi connectivity index (χ3v) is 2.49. The van der Waals surface area contributed by atoms with Crippen LogP contribution in [-0.4, -0.2) is 21.1 Å². The fourth-order valence-electron chi connectivity index (χ4n) is 1.53. The van der Waals surface area contributed by atoms with Crippen molar-refractivity contribution in [3.05, 3.63) is 29.0 Å². The van der Waals surface area contributed by atoms with Crippen molar-refractivity contribution < 1.29 is 0 Å². The van der Waals surface area contributed by atoms with Crippen molar-refractivity contribution in [2.75, 3.05) is 31.1 Å². The summed E-state index contributed by atoms with van der Waals surface area (Å²) in [6, 6.07) is 6.04. The van der Waals surface area contributed by atoms with E-state index in [1.807, 2.05) is 31.1 Å². The van der Waals surface area contributed by atoms with Crippen molar-refractivity contribution in [1.29, 1.82) is 0 Å². The zero-order valence-corrected chi connectivity index (χ0v) is 10.1. The molecular formula is C12H19N2O-. The molecule has 0 atom stereocenters. The lowest BCUT2D eigenvalue weighted by Gasteiger charge is -2.31. The molecule has 0 heterocycles. The van der Waals surface area contributed by atoms with Crippen LogP contribution in [0.5, 0.6) is 0 Å². The maximum Gasteiger partial charge on any atom is 0.0591 e. The molecule has 3 nitrogen and oxygen atoms in total. The minimum absolute atomic E-state index is 0.444. The molecule has 15 heavy (non-hydrogen) atoms. The van der Waals surface area contributed by atoms with Gasteiger partial charge in [-0.2, -0.15) is 0 Å². The summed E-state index contributed by atoms with van der Waals surface area (Å²) >= 11 is 0. The van der Waals surface area contributed by atoms with Crippen LogP contribution in [0.2, 0.25) is 0 Å². The second kappa shape index (κ2) is 4.53. The second-order valence-corrected chi connectivity index (χ2v) is 4.29. The predicted octanol–water partition coefficient (Wildman–Crippen LogP) is 2.81. The molecule has 1 aromatic rings. The molecule has 0 spiro atoms. The molecule has 0 N–H and O–H groups in total. The zero-order valence-electron chi connectivity index (χ0n) is 10.1. The molecule has 0 bridgehead atoms. The van der Waals surface area contributed by atoms with Gasteiger partial charge in [0.25, 0.3) is 0 Å². The van der Waals surface area contributed by atoms with Crippen LogP contribution in [0.15, 0.2) is 18.2 Å². The van der Waals surface area contributed by atoms with E-state index in [4.69, 9.17) is 0 Å². The van der Waals surface area contributed by atoms with Gasteiger partial charge >= 0.3 is 0 Å². The fraction of sp³-hybridized carbons (Fsp3) is 0.500. The van der Waals surface area contributed by atoms with E-state index in [0.717, 1.165) is 16.4 Å². The summed E-state index contributed by atoms with van der Waals surface area (Å²) in [5.41, 5.74) is 2.88. The highest BCUT2D eigenvalue weighted by atomic mass is 16.5. The van der Waals surface area contributed by atoms with Crippen molar-refractivity contribution in [2.45, 2.75) is 19.8 Å². The molecule has 0 aromatic heterocycles. The Kier molecular flexibility index (Phi) is 3.58. The van der Waals surface area contributed by atoms with Gasteiger partial charge in [0.05, 0.1) is 5.69 Å². The van der Waals surface area contributed by atoms with Gasteiger partial charge in [-0.3, -0.25) is 0 Å². The van der Waals surface area contributed by atoms with E-state index in [1.54, 1.807) is 0 Å². The summed E-state index contributed by atoms with van der Waals surface area (Å²) in [6.45, 7) is 4.25. The summed E-state index contributed by atoms with van der Waals surface area (Å²) in [4.78, 5) is 1.95. The van der Waals surface area contributed by atoms with Crippen molar-refractivity contribution >= 4 is 11.4 Å². The summed E-state index contributed by atoms with van der Waals surface area (Å²) < 4.78 is 0. The van der Waals surface area contributed by atoms with Gasteiger partial charge in [0.2, 0.25) is 0 Å². The number of rotatable bonds is 3. The van der Waals surface area contributed by atoms with Crippen LogP contribution in [-0.2, 0) is 0 Å². The molecule has 1 aromatic carbocycles. The maximum absolute atomic E-state index is 11.4. The van der Waals surface area contributed by atoms with Crippen LogP contribution in [0.3, 0.4) is 0 Å². The summed E-state index contributed by atoms with van der Waals surface area (Å²) in [7, 11) is 5.42. The number of hydrogen-bond donors (Lipinski definition) is 0. The number of hydrogen-bond acceptors (Lipinski definition) is 3. The minimum atomic E-state index is 0.444. The van der Waals surface area contributed by atoms with Crippen LogP contribution in [0, 0.1) is 5.21 Å². The molecule has 0 aliphatic heterocycles. The number of anilines is 2. The molecule has 3 heteroatoms. The van der Waals surface area contributed by atoms with Crippen LogP contribution in [0.25, 0.3) is 0 Å². The number of benzene rings is 1. The first-order valence-corrected chi connectivity index (χ1v) is 5.15. The number of hydroxylamine groups is 1. The quantitative estimate of drug-likeness (QED) is 0.714. The average Bonchev–Trinajstić information content (AvgIpc) is 2.16. The molecule has 0 radical (unpaired) electrons. The molecule has 84 valence electrons. The van der Waals surface area contributed by atoms with Crippen LogP contribution < -0.4 is 9.96 Å².